The zero-order valence-corrected chi connectivity index (χ0v) is 12.7. The Morgan fingerprint density at radius 2 is 2.38 bits per heavy atom. The molecule has 1 saturated heterocycles. The first-order valence-electron chi connectivity index (χ1n) is 7.52. The summed E-state index contributed by atoms with van der Waals surface area (Å²) in [5.74, 6) is 1.34. The zero-order valence-electron chi connectivity index (χ0n) is 12.7. The summed E-state index contributed by atoms with van der Waals surface area (Å²) in [5, 5.41) is 15.6. The highest BCUT2D eigenvalue weighted by atomic mass is 16.5. The Morgan fingerprint density at radius 1 is 1.57 bits per heavy atom. The number of nitrogens with one attached hydrogen (secondary N) is 1. The van der Waals surface area contributed by atoms with Crippen LogP contribution in [-0.2, 0) is 11.3 Å². The first-order valence-corrected chi connectivity index (χ1v) is 7.52. The highest BCUT2D eigenvalue weighted by Crippen LogP contribution is 2.18. The van der Waals surface area contributed by atoms with Gasteiger partial charge in [-0.05, 0) is 31.8 Å². The molecule has 0 radical (unpaired) electrons. The summed E-state index contributed by atoms with van der Waals surface area (Å²) in [5.41, 5.74) is 0. The van der Waals surface area contributed by atoms with Gasteiger partial charge in [0.25, 0.3) is 0 Å². The smallest absolute Gasteiger partial charge is 0.317 e. The summed E-state index contributed by atoms with van der Waals surface area (Å²) in [6.45, 7) is 7.50. The number of piperidine rings is 1. The van der Waals surface area contributed by atoms with E-state index in [0.717, 1.165) is 38.3 Å². The molecule has 1 atom stereocenters. The lowest BCUT2D eigenvalue weighted by molar-refractivity contribution is -0.136. The minimum Gasteiger partial charge on any atom is -0.480 e. The molecule has 0 bridgehead atoms. The van der Waals surface area contributed by atoms with Crippen LogP contribution in [0.3, 0.4) is 0 Å². The monoisotopic (exact) mass is 296 g/mol. The molecule has 2 N–H and O–H groups in total. The van der Waals surface area contributed by atoms with Crippen molar-refractivity contribution in [1.29, 1.82) is 0 Å². The Hall–Kier alpha value is -1.47. The Bertz CT molecular complexity index is 461. The van der Waals surface area contributed by atoms with E-state index >= 15 is 0 Å². The van der Waals surface area contributed by atoms with Crippen LogP contribution in [0.2, 0.25) is 0 Å². The normalized spacial score (nSPS) is 20.0. The predicted octanol–water partition coefficient (Wildman–Crippen LogP) is 1.08. The Labute approximate surface area is 124 Å². The van der Waals surface area contributed by atoms with E-state index < -0.39 is 5.97 Å². The third kappa shape index (κ3) is 5.09. The molecule has 7 nitrogen and oxygen atoms in total. The van der Waals surface area contributed by atoms with Crippen LogP contribution >= 0.6 is 0 Å². The van der Waals surface area contributed by atoms with Gasteiger partial charge in [-0.25, -0.2) is 0 Å². The average molecular weight is 296 g/mol. The molecule has 1 unspecified atom stereocenters. The van der Waals surface area contributed by atoms with E-state index in [2.05, 4.69) is 20.4 Å². The molecular formula is C14H24N4O3. The second-order valence-corrected chi connectivity index (χ2v) is 5.97. The van der Waals surface area contributed by atoms with Gasteiger partial charge in [0.05, 0.1) is 13.1 Å². The standard InChI is InChI=1S/C14H24N4O3/c1-10(2)14-16-12(17-21-14)9-18-5-3-4-11(8-18)6-15-7-13(19)20/h10-11,15H,3-9H2,1-2H3,(H,19,20). The molecule has 0 saturated carbocycles. The van der Waals surface area contributed by atoms with Crippen molar-refractivity contribution in [3.8, 4) is 0 Å². The van der Waals surface area contributed by atoms with Gasteiger partial charge in [-0.1, -0.05) is 19.0 Å². The summed E-state index contributed by atoms with van der Waals surface area (Å²) in [7, 11) is 0. The highest BCUT2D eigenvalue weighted by molar-refractivity contribution is 5.68. The van der Waals surface area contributed by atoms with E-state index in [1.54, 1.807) is 0 Å². The lowest BCUT2D eigenvalue weighted by Gasteiger charge is -2.31. The summed E-state index contributed by atoms with van der Waals surface area (Å²) in [6.07, 6.45) is 2.25. The van der Waals surface area contributed by atoms with Gasteiger partial charge in [0.15, 0.2) is 5.82 Å². The van der Waals surface area contributed by atoms with E-state index in [0.29, 0.717) is 18.4 Å². The molecule has 1 aromatic rings. The molecule has 118 valence electrons. The molecule has 2 rings (SSSR count). The molecule has 1 aliphatic heterocycles. The van der Waals surface area contributed by atoms with Crippen molar-refractivity contribution in [2.75, 3.05) is 26.2 Å². The van der Waals surface area contributed by atoms with Gasteiger partial charge in [-0.3, -0.25) is 9.69 Å². The van der Waals surface area contributed by atoms with Crippen molar-refractivity contribution < 1.29 is 14.4 Å². The van der Waals surface area contributed by atoms with Gasteiger partial charge in [0, 0.05) is 12.5 Å². The number of carboxylic acids is 1. The summed E-state index contributed by atoms with van der Waals surface area (Å²) >= 11 is 0. The molecule has 2 heterocycles. The second kappa shape index (κ2) is 7.51. The Balaban J connectivity index is 1.79. The molecule has 1 aromatic heterocycles. The SMILES string of the molecule is CC(C)c1nc(CN2CCCC(CNCC(=O)O)C2)no1. The van der Waals surface area contributed by atoms with E-state index in [4.69, 9.17) is 9.63 Å². The minimum atomic E-state index is -0.810. The number of carbonyl (C=O) groups is 1. The maximum Gasteiger partial charge on any atom is 0.317 e. The largest absolute Gasteiger partial charge is 0.480 e. The zero-order chi connectivity index (χ0) is 15.2. The van der Waals surface area contributed by atoms with Crippen molar-refractivity contribution in [3.63, 3.8) is 0 Å². The van der Waals surface area contributed by atoms with Crippen molar-refractivity contribution >= 4 is 5.97 Å². The van der Waals surface area contributed by atoms with Gasteiger partial charge in [-0.2, -0.15) is 4.98 Å². The van der Waals surface area contributed by atoms with Crippen LogP contribution in [0.1, 0.15) is 44.3 Å². The maximum atomic E-state index is 10.5. The van der Waals surface area contributed by atoms with E-state index in [1.165, 1.54) is 0 Å². The van der Waals surface area contributed by atoms with Gasteiger partial charge >= 0.3 is 5.97 Å². The molecular weight excluding hydrogens is 272 g/mol. The topological polar surface area (TPSA) is 91.5 Å². The summed E-state index contributed by atoms with van der Waals surface area (Å²) < 4.78 is 5.22. The minimum absolute atomic E-state index is 0.0269. The van der Waals surface area contributed by atoms with Crippen LogP contribution < -0.4 is 5.32 Å². The van der Waals surface area contributed by atoms with E-state index in [-0.39, 0.29) is 12.5 Å². The fraction of sp³-hybridized carbons (Fsp3) is 0.786. The third-order valence-electron chi connectivity index (χ3n) is 3.66. The van der Waals surface area contributed by atoms with E-state index in [9.17, 15) is 4.79 Å². The maximum absolute atomic E-state index is 10.5. The van der Waals surface area contributed by atoms with Crippen LogP contribution in [0.4, 0.5) is 0 Å². The van der Waals surface area contributed by atoms with Crippen molar-refractivity contribution in [3.05, 3.63) is 11.7 Å². The molecule has 21 heavy (non-hydrogen) atoms. The Kier molecular flexibility index (Phi) is 5.69. The van der Waals surface area contributed by atoms with Crippen molar-refractivity contribution in [1.82, 2.24) is 20.4 Å². The number of rotatable bonds is 7. The molecule has 1 fully saturated rings. The number of carboxylic acid groups (broad SMARTS) is 1. The van der Waals surface area contributed by atoms with E-state index in [1.807, 2.05) is 13.8 Å². The highest BCUT2D eigenvalue weighted by Gasteiger charge is 2.21. The van der Waals surface area contributed by atoms with Crippen molar-refractivity contribution in [2.24, 2.45) is 5.92 Å². The molecule has 7 heteroatoms. The van der Waals surface area contributed by atoms with Gasteiger partial charge in [-0.15, -0.1) is 0 Å². The number of aromatic nitrogens is 2. The lowest BCUT2D eigenvalue weighted by atomic mass is 9.98. The molecule has 0 spiro atoms. The van der Waals surface area contributed by atoms with Gasteiger partial charge < -0.3 is 14.9 Å². The number of aliphatic carboxylic acids is 1. The number of nitrogens with zero attached hydrogens (tertiary/aromatic N) is 3. The summed E-state index contributed by atoms with van der Waals surface area (Å²) in [4.78, 5) is 17.2. The molecule has 0 aromatic carbocycles. The van der Waals surface area contributed by atoms with Crippen molar-refractivity contribution in [2.45, 2.75) is 39.2 Å². The number of likely N-dealkylation sites (tertiary alicyclic amines) is 1. The molecule has 1 aliphatic rings. The van der Waals surface area contributed by atoms with Crippen LogP contribution in [0, 0.1) is 5.92 Å². The first-order chi connectivity index (χ1) is 10.0. The molecule has 0 amide bonds. The molecule has 0 aliphatic carbocycles. The van der Waals surface area contributed by atoms with Crippen LogP contribution in [0.5, 0.6) is 0 Å². The summed E-state index contributed by atoms with van der Waals surface area (Å²) in [6, 6.07) is 0. The number of hydrogen-bond donors (Lipinski definition) is 2. The average Bonchev–Trinajstić information content (AvgIpc) is 2.87. The van der Waals surface area contributed by atoms with Gasteiger partial charge in [0.1, 0.15) is 0 Å². The van der Waals surface area contributed by atoms with Crippen LogP contribution in [0.15, 0.2) is 4.52 Å². The second-order valence-electron chi connectivity index (χ2n) is 5.97. The quantitative estimate of drug-likeness (QED) is 0.778. The number of hydrogen-bond acceptors (Lipinski definition) is 6. The Morgan fingerprint density at radius 3 is 3.05 bits per heavy atom. The van der Waals surface area contributed by atoms with Crippen LogP contribution in [0.25, 0.3) is 0 Å². The van der Waals surface area contributed by atoms with Crippen LogP contribution in [-0.4, -0.2) is 52.3 Å². The lowest BCUT2D eigenvalue weighted by Crippen LogP contribution is -2.40. The fourth-order valence-corrected chi connectivity index (χ4v) is 2.61. The predicted molar refractivity (Wildman–Crippen MR) is 76.9 cm³/mol. The fourth-order valence-electron chi connectivity index (χ4n) is 2.61. The third-order valence-corrected chi connectivity index (χ3v) is 3.66. The first kappa shape index (κ1) is 15.9. The van der Waals surface area contributed by atoms with Gasteiger partial charge in [0.2, 0.25) is 5.89 Å².